The van der Waals surface area contributed by atoms with Crippen LogP contribution in [0.2, 0.25) is 0 Å². The second-order valence-electron chi connectivity index (χ2n) is 5.76. The van der Waals surface area contributed by atoms with Crippen LogP contribution in [0.15, 0.2) is 4.47 Å². The number of nitrogens with one attached hydrogen (secondary N) is 1. The quantitative estimate of drug-likeness (QED) is 0.837. The molecule has 1 heterocycles. The minimum absolute atomic E-state index is 0.0274. The fraction of sp³-hybridized carbons (Fsp3) is 0.714. The van der Waals surface area contributed by atoms with Crippen LogP contribution in [0.5, 0.6) is 0 Å². The van der Waals surface area contributed by atoms with Crippen molar-refractivity contribution in [3.63, 3.8) is 0 Å². The smallest absolute Gasteiger partial charge is 0.352 e. The zero-order valence-electron chi connectivity index (χ0n) is 12.7. The summed E-state index contributed by atoms with van der Waals surface area (Å²) in [5.41, 5.74) is -0.489. The van der Waals surface area contributed by atoms with Crippen molar-refractivity contribution in [2.45, 2.75) is 64.2 Å². The van der Waals surface area contributed by atoms with Gasteiger partial charge in [0.05, 0.1) is 10.2 Å². The van der Waals surface area contributed by atoms with E-state index in [9.17, 15) is 18.0 Å². The molecule has 124 valence electrons. The molecular formula is C14H19BrF3N3O. The van der Waals surface area contributed by atoms with Gasteiger partial charge in [0.15, 0.2) is 5.69 Å². The highest BCUT2D eigenvalue weighted by molar-refractivity contribution is 9.10. The first-order valence-corrected chi connectivity index (χ1v) is 8.11. The van der Waals surface area contributed by atoms with Crippen LogP contribution in [0.3, 0.4) is 0 Å². The van der Waals surface area contributed by atoms with Crippen molar-refractivity contribution in [3.8, 4) is 0 Å². The summed E-state index contributed by atoms with van der Waals surface area (Å²) in [6.45, 7) is 5.35. The molecule has 8 heteroatoms. The second-order valence-corrected chi connectivity index (χ2v) is 6.55. The summed E-state index contributed by atoms with van der Waals surface area (Å²) in [6, 6.07) is -0.808. The highest BCUT2D eigenvalue weighted by Gasteiger charge is 2.43. The van der Waals surface area contributed by atoms with E-state index in [1.807, 2.05) is 13.8 Å². The van der Waals surface area contributed by atoms with Gasteiger partial charge in [-0.1, -0.05) is 6.92 Å². The van der Waals surface area contributed by atoms with Gasteiger partial charge in [0, 0.05) is 12.0 Å². The molecule has 1 saturated carbocycles. The normalized spacial score (nSPS) is 18.1. The van der Waals surface area contributed by atoms with E-state index in [4.69, 9.17) is 0 Å². The molecule has 1 aliphatic rings. The third-order valence-corrected chi connectivity index (χ3v) is 4.65. The fourth-order valence-corrected chi connectivity index (χ4v) is 3.01. The minimum Gasteiger partial charge on any atom is -0.352 e. The van der Waals surface area contributed by atoms with Crippen molar-refractivity contribution in [1.82, 2.24) is 15.1 Å². The van der Waals surface area contributed by atoms with Gasteiger partial charge in [-0.2, -0.15) is 18.3 Å². The maximum Gasteiger partial charge on any atom is 0.436 e. The Morgan fingerprint density at radius 3 is 2.50 bits per heavy atom. The van der Waals surface area contributed by atoms with Gasteiger partial charge < -0.3 is 5.32 Å². The Balaban J connectivity index is 2.35. The number of aromatic nitrogens is 2. The van der Waals surface area contributed by atoms with Crippen molar-refractivity contribution >= 4 is 21.8 Å². The van der Waals surface area contributed by atoms with Gasteiger partial charge in [0.1, 0.15) is 6.04 Å². The van der Waals surface area contributed by atoms with E-state index in [2.05, 4.69) is 26.3 Å². The van der Waals surface area contributed by atoms with Gasteiger partial charge in [-0.3, -0.25) is 9.48 Å². The first kappa shape index (κ1) is 17.3. The number of alkyl halides is 3. The fourth-order valence-electron chi connectivity index (χ4n) is 2.20. The predicted molar refractivity (Wildman–Crippen MR) is 79.5 cm³/mol. The standard InChI is InChI=1S/C14H19BrF3N3O/c1-4-7(2)19-13(22)8(3)21-11(9-5-6-9)10(15)12(20-21)14(16,17)18/h7-9H,4-6H2,1-3H3,(H,19,22). The Morgan fingerprint density at radius 2 is 2.05 bits per heavy atom. The summed E-state index contributed by atoms with van der Waals surface area (Å²) in [7, 11) is 0. The van der Waals surface area contributed by atoms with Crippen molar-refractivity contribution in [3.05, 3.63) is 15.9 Å². The summed E-state index contributed by atoms with van der Waals surface area (Å²) in [5, 5.41) is 6.47. The van der Waals surface area contributed by atoms with Gasteiger partial charge in [-0.05, 0) is 49.0 Å². The average Bonchev–Trinajstić information content (AvgIpc) is 3.19. The number of hydrogen-bond donors (Lipinski definition) is 1. The van der Waals surface area contributed by atoms with Crippen molar-refractivity contribution in [2.24, 2.45) is 0 Å². The summed E-state index contributed by atoms with van der Waals surface area (Å²) in [5.74, 6) is -0.281. The van der Waals surface area contributed by atoms with E-state index >= 15 is 0 Å². The molecule has 1 amide bonds. The molecule has 4 nitrogen and oxygen atoms in total. The van der Waals surface area contributed by atoms with E-state index < -0.39 is 17.9 Å². The van der Waals surface area contributed by atoms with Gasteiger partial charge in [-0.25, -0.2) is 0 Å². The molecule has 0 bridgehead atoms. The molecule has 1 aromatic rings. The lowest BCUT2D eigenvalue weighted by Gasteiger charge is -2.18. The number of amides is 1. The van der Waals surface area contributed by atoms with E-state index in [0.717, 1.165) is 19.3 Å². The molecular weight excluding hydrogens is 363 g/mol. The molecule has 1 N–H and O–H groups in total. The van der Waals surface area contributed by atoms with E-state index in [1.54, 1.807) is 6.92 Å². The van der Waals surface area contributed by atoms with Gasteiger partial charge >= 0.3 is 6.18 Å². The molecule has 1 aromatic heterocycles. The number of halogens is 4. The van der Waals surface area contributed by atoms with Crippen LogP contribution in [0, 0.1) is 0 Å². The molecule has 0 aliphatic heterocycles. The molecule has 0 radical (unpaired) electrons. The van der Waals surface area contributed by atoms with Crippen molar-refractivity contribution in [1.29, 1.82) is 0 Å². The Kier molecular flexibility index (Phi) is 4.89. The second kappa shape index (κ2) is 6.22. The lowest BCUT2D eigenvalue weighted by molar-refractivity contribution is -0.142. The van der Waals surface area contributed by atoms with Crippen molar-refractivity contribution in [2.75, 3.05) is 0 Å². The number of carbonyl (C=O) groups is 1. The number of carbonyl (C=O) groups excluding carboxylic acids is 1. The Hall–Kier alpha value is -1.05. The molecule has 2 unspecified atom stereocenters. The molecule has 1 aliphatic carbocycles. The van der Waals surface area contributed by atoms with Gasteiger partial charge in [0.2, 0.25) is 5.91 Å². The first-order valence-electron chi connectivity index (χ1n) is 7.32. The van der Waals surface area contributed by atoms with Crippen LogP contribution in [0.25, 0.3) is 0 Å². The average molecular weight is 382 g/mol. The summed E-state index contributed by atoms with van der Waals surface area (Å²) >= 11 is 3.03. The third kappa shape index (κ3) is 3.47. The molecule has 0 aromatic carbocycles. The van der Waals surface area contributed by atoms with Crippen LogP contribution in [-0.2, 0) is 11.0 Å². The number of nitrogens with zero attached hydrogens (tertiary/aromatic N) is 2. The molecule has 0 saturated heterocycles. The van der Waals surface area contributed by atoms with Crippen molar-refractivity contribution < 1.29 is 18.0 Å². The largest absolute Gasteiger partial charge is 0.436 e. The molecule has 2 atom stereocenters. The monoisotopic (exact) mass is 381 g/mol. The zero-order chi connectivity index (χ0) is 16.7. The van der Waals surface area contributed by atoms with Crippen LogP contribution in [0.4, 0.5) is 13.2 Å². The summed E-state index contributed by atoms with van der Waals surface area (Å²) in [4.78, 5) is 12.2. The van der Waals surface area contributed by atoms with E-state index in [1.165, 1.54) is 4.68 Å². The lowest BCUT2D eigenvalue weighted by Crippen LogP contribution is -2.37. The zero-order valence-corrected chi connectivity index (χ0v) is 14.3. The maximum atomic E-state index is 13.0. The predicted octanol–water partition coefficient (Wildman–Crippen LogP) is 4.02. The molecule has 22 heavy (non-hydrogen) atoms. The van der Waals surface area contributed by atoms with E-state index in [-0.39, 0.29) is 22.3 Å². The summed E-state index contributed by atoms with van der Waals surface area (Å²) in [6.07, 6.45) is -2.15. The number of hydrogen-bond acceptors (Lipinski definition) is 2. The molecule has 2 rings (SSSR count). The number of rotatable bonds is 5. The molecule has 1 fully saturated rings. The highest BCUT2D eigenvalue weighted by Crippen LogP contribution is 2.47. The van der Waals surface area contributed by atoms with Crippen LogP contribution < -0.4 is 5.32 Å². The lowest BCUT2D eigenvalue weighted by atomic mass is 10.2. The third-order valence-electron chi connectivity index (χ3n) is 3.87. The van der Waals surface area contributed by atoms with Crippen LogP contribution in [0.1, 0.15) is 63.4 Å². The van der Waals surface area contributed by atoms with Crippen LogP contribution in [-0.4, -0.2) is 21.7 Å². The Labute approximate surface area is 135 Å². The Morgan fingerprint density at radius 1 is 1.45 bits per heavy atom. The van der Waals surface area contributed by atoms with Crippen LogP contribution >= 0.6 is 15.9 Å². The maximum absolute atomic E-state index is 13.0. The van der Waals surface area contributed by atoms with E-state index in [0.29, 0.717) is 5.69 Å². The topological polar surface area (TPSA) is 46.9 Å². The minimum atomic E-state index is -4.54. The SMILES string of the molecule is CCC(C)NC(=O)C(C)n1nc(C(F)(F)F)c(Br)c1C1CC1. The van der Waals surface area contributed by atoms with Gasteiger partial charge in [-0.15, -0.1) is 0 Å². The van der Waals surface area contributed by atoms with Gasteiger partial charge in [0.25, 0.3) is 0 Å². The highest BCUT2D eigenvalue weighted by atomic mass is 79.9. The summed E-state index contributed by atoms with van der Waals surface area (Å²) < 4.78 is 40.3. The molecule has 0 spiro atoms. The first-order chi connectivity index (χ1) is 10.2. The Bertz CT molecular complexity index is 566.